The first-order chi connectivity index (χ1) is 13.9. The highest BCUT2D eigenvalue weighted by molar-refractivity contribution is 6.30. The Morgan fingerprint density at radius 2 is 1.83 bits per heavy atom. The Kier molecular flexibility index (Phi) is 4.94. The summed E-state index contributed by atoms with van der Waals surface area (Å²) in [7, 11) is 3.43. The molecule has 0 saturated carbocycles. The molecule has 29 heavy (non-hydrogen) atoms. The van der Waals surface area contributed by atoms with Crippen LogP contribution in [0, 0.1) is 6.92 Å². The van der Waals surface area contributed by atoms with Gasteiger partial charge in [0.15, 0.2) is 0 Å². The molecule has 0 aliphatic rings. The van der Waals surface area contributed by atoms with Crippen molar-refractivity contribution >= 4 is 11.6 Å². The van der Waals surface area contributed by atoms with Gasteiger partial charge >= 0.3 is 5.69 Å². The molecular formula is C20H19ClN6O2. The summed E-state index contributed by atoms with van der Waals surface area (Å²) in [6.07, 6.45) is 1.89. The van der Waals surface area contributed by atoms with Gasteiger partial charge in [0.05, 0.1) is 11.4 Å². The quantitative estimate of drug-likeness (QED) is 0.505. The number of aromatic nitrogens is 6. The summed E-state index contributed by atoms with van der Waals surface area (Å²) in [5.41, 5.74) is 3.87. The lowest BCUT2D eigenvalue weighted by Gasteiger charge is -2.12. The summed E-state index contributed by atoms with van der Waals surface area (Å²) in [4.78, 5) is 16.9. The van der Waals surface area contributed by atoms with Crippen molar-refractivity contribution in [2.24, 2.45) is 14.1 Å². The molecule has 0 atom stereocenters. The van der Waals surface area contributed by atoms with E-state index in [1.54, 1.807) is 7.05 Å². The Balaban J connectivity index is 1.63. The summed E-state index contributed by atoms with van der Waals surface area (Å²) in [5.74, 6) is 0. The molecule has 0 radical (unpaired) electrons. The van der Waals surface area contributed by atoms with E-state index in [9.17, 15) is 4.79 Å². The molecule has 4 aromatic rings. The van der Waals surface area contributed by atoms with Crippen LogP contribution in [0.15, 0.2) is 53.5 Å². The molecule has 8 nitrogen and oxygen atoms in total. The van der Waals surface area contributed by atoms with Gasteiger partial charge in [0.25, 0.3) is 6.01 Å². The average molecular weight is 411 g/mol. The highest BCUT2D eigenvalue weighted by atomic mass is 35.5. The second-order valence-corrected chi connectivity index (χ2v) is 7.12. The molecule has 0 unspecified atom stereocenters. The van der Waals surface area contributed by atoms with Crippen LogP contribution in [0.2, 0.25) is 5.02 Å². The molecule has 9 heteroatoms. The second-order valence-electron chi connectivity index (χ2n) is 6.68. The Morgan fingerprint density at radius 1 is 1.07 bits per heavy atom. The molecule has 0 amide bonds. The lowest BCUT2D eigenvalue weighted by molar-refractivity contribution is 0.270. The SMILES string of the molecule is Cc1cccc(-n2nnn(C)c2=O)c1COc1nc(-c2ccc(Cl)cc2)cn1C. The largest absolute Gasteiger partial charge is 0.460 e. The zero-order valence-electron chi connectivity index (χ0n) is 16.2. The predicted octanol–water partition coefficient (Wildman–Crippen LogP) is 2.91. The number of tetrazole rings is 1. The number of imidazole rings is 1. The highest BCUT2D eigenvalue weighted by Gasteiger charge is 2.15. The van der Waals surface area contributed by atoms with Crippen molar-refractivity contribution in [2.45, 2.75) is 13.5 Å². The third-order valence-electron chi connectivity index (χ3n) is 4.65. The van der Waals surface area contributed by atoms with Gasteiger partial charge < -0.3 is 9.30 Å². The van der Waals surface area contributed by atoms with Gasteiger partial charge in [-0.25, -0.2) is 4.79 Å². The fraction of sp³-hybridized carbons (Fsp3) is 0.200. The number of hydrogen-bond donors (Lipinski definition) is 0. The molecule has 148 valence electrons. The van der Waals surface area contributed by atoms with Crippen LogP contribution in [0.4, 0.5) is 0 Å². The van der Waals surface area contributed by atoms with E-state index in [0.29, 0.717) is 16.7 Å². The van der Waals surface area contributed by atoms with Crippen LogP contribution >= 0.6 is 11.6 Å². The van der Waals surface area contributed by atoms with E-state index in [1.807, 2.05) is 67.2 Å². The maximum atomic E-state index is 12.3. The van der Waals surface area contributed by atoms with Crippen molar-refractivity contribution in [1.29, 1.82) is 0 Å². The molecule has 0 aliphatic carbocycles. The third-order valence-corrected chi connectivity index (χ3v) is 4.91. The van der Waals surface area contributed by atoms with Crippen LogP contribution in [0.5, 0.6) is 6.01 Å². The molecule has 0 fully saturated rings. The van der Waals surface area contributed by atoms with E-state index in [0.717, 1.165) is 22.4 Å². The summed E-state index contributed by atoms with van der Waals surface area (Å²) < 4.78 is 10.3. The monoisotopic (exact) mass is 410 g/mol. The van der Waals surface area contributed by atoms with Crippen molar-refractivity contribution in [2.75, 3.05) is 0 Å². The summed E-state index contributed by atoms with van der Waals surface area (Å²) >= 11 is 5.96. The molecule has 0 N–H and O–H groups in total. The molecule has 4 rings (SSSR count). The first-order valence-electron chi connectivity index (χ1n) is 8.94. The van der Waals surface area contributed by atoms with E-state index < -0.39 is 0 Å². The Labute approximate surface area is 171 Å². The number of hydrogen-bond acceptors (Lipinski definition) is 5. The average Bonchev–Trinajstić information content (AvgIpc) is 3.24. The van der Waals surface area contributed by atoms with Gasteiger partial charge in [-0.05, 0) is 41.1 Å². The van der Waals surface area contributed by atoms with Gasteiger partial charge in [0.2, 0.25) is 0 Å². The van der Waals surface area contributed by atoms with Gasteiger partial charge in [0.1, 0.15) is 6.61 Å². The summed E-state index contributed by atoms with van der Waals surface area (Å²) in [5, 5.41) is 8.40. The summed E-state index contributed by atoms with van der Waals surface area (Å²) in [6.45, 7) is 2.19. The van der Waals surface area contributed by atoms with Gasteiger partial charge in [-0.2, -0.15) is 14.3 Å². The van der Waals surface area contributed by atoms with Crippen LogP contribution < -0.4 is 10.4 Å². The van der Waals surface area contributed by atoms with Crippen LogP contribution in [0.3, 0.4) is 0 Å². The van der Waals surface area contributed by atoms with E-state index in [1.165, 1.54) is 9.36 Å². The first kappa shape index (κ1) is 18.9. The van der Waals surface area contributed by atoms with E-state index >= 15 is 0 Å². The number of ether oxygens (including phenoxy) is 1. The highest BCUT2D eigenvalue weighted by Crippen LogP contribution is 2.24. The summed E-state index contributed by atoms with van der Waals surface area (Å²) in [6, 6.07) is 13.6. The predicted molar refractivity (Wildman–Crippen MR) is 109 cm³/mol. The number of rotatable bonds is 5. The van der Waals surface area contributed by atoms with Crippen molar-refractivity contribution in [3.63, 3.8) is 0 Å². The van der Waals surface area contributed by atoms with Crippen LogP contribution in [-0.2, 0) is 20.7 Å². The van der Waals surface area contributed by atoms with Gasteiger partial charge in [-0.3, -0.25) is 0 Å². The smallest absolute Gasteiger partial charge is 0.368 e. The standard InChI is InChI=1S/C20H19ClN6O2/c1-13-5-4-6-18(27-20(28)26(3)23-24-27)16(13)12-29-19-22-17(11-25(19)2)14-7-9-15(21)10-8-14/h4-11H,12H2,1-3H3. The van der Waals surface area contributed by atoms with E-state index in [2.05, 4.69) is 15.4 Å². The molecule has 2 aromatic heterocycles. The number of nitrogens with zero attached hydrogens (tertiary/aromatic N) is 6. The van der Waals surface area contributed by atoms with Gasteiger partial charge in [-0.1, -0.05) is 35.9 Å². The minimum absolute atomic E-state index is 0.232. The number of benzene rings is 2. The molecule has 0 saturated heterocycles. The topological polar surface area (TPSA) is 79.8 Å². The lowest BCUT2D eigenvalue weighted by Crippen LogP contribution is -2.23. The minimum Gasteiger partial charge on any atom is -0.460 e. The Bertz CT molecular complexity index is 1220. The minimum atomic E-state index is -0.320. The third kappa shape index (κ3) is 3.66. The van der Waals surface area contributed by atoms with Crippen LogP contribution in [0.25, 0.3) is 16.9 Å². The molecule has 2 aromatic carbocycles. The van der Waals surface area contributed by atoms with Gasteiger partial charge in [-0.15, -0.1) is 0 Å². The maximum absolute atomic E-state index is 12.3. The van der Waals surface area contributed by atoms with Crippen LogP contribution in [-0.4, -0.2) is 29.3 Å². The van der Waals surface area contributed by atoms with Crippen molar-refractivity contribution < 1.29 is 4.74 Å². The normalized spacial score (nSPS) is 11.0. The molecular weight excluding hydrogens is 392 g/mol. The molecule has 0 aliphatic heterocycles. The Hall–Kier alpha value is -3.39. The molecule has 2 heterocycles. The number of halogens is 1. The van der Waals surface area contributed by atoms with Gasteiger partial charge in [0, 0.05) is 36.4 Å². The van der Waals surface area contributed by atoms with E-state index in [4.69, 9.17) is 16.3 Å². The molecule has 0 bridgehead atoms. The van der Waals surface area contributed by atoms with E-state index in [-0.39, 0.29) is 12.3 Å². The second kappa shape index (κ2) is 7.56. The number of aryl methyl sites for hydroxylation is 3. The zero-order chi connectivity index (χ0) is 20.5. The van der Waals surface area contributed by atoms with Crippen molar-refractivity contribution in [3.05, 3.63) is 75.3 Å². The Morgan fingerprint density at radius 3 is 2.52 bits per heavy atom. The van der Waals surface area contributed by atoms with Crippen LogP contribution in [0.1, 0.15) is 11.1 Å². The fourth-order valence-electron chi connectivity index (χ4n) is 3.02. The maximum Gasteiger partial charge on any atom is 0.368 e. The van der Waals surface area contributed by atoms with Crippen molar-refractivity contribution in [3.8, 4) is 23.0 Å². The lowest BCUT2D eigenvalue weighted by atomic mass is 10.1. The zero-order valence-corrected chi connectivity index (χ0v) is 17.0. The molecule has 0 spiro atoms. The fourth-order valence-corrected chi connectivity index (χ4v) is 3.14. The first-order valence-corrected chi connectivity index (χ1v) is 9.32. The van der Waals surface area contributed by atoms with Crippen molar-refractivity contribution in [1.82, 2.24) is 29.3 Å².